The van der Waals surface area contributed by atoms with Gasteiger partial charge in [0.15, 0.2) is 0 Å². The van der Waals surface area contributed by atoms with E-state index in [-0.39, 0.29) is 0 Å². The monoisotopic (exact) mass is 301 g/mol. The number of likely N-dealkylation sites (N-methyl/N-ethyl adjacent to an activating group) is 1. The molecule has 0 fully saturated rings. The topological polar surface area (TPSA) is 12.0 Å². The minimum absolute atomic E-state index is 0.418. The Labute approximate surface area is 111 Å². The number of hydrogen-bond donors (Lipinski definition) is 1. The molecule has 0 bridgehead atoms. The molecule has 0 amide bonds. The van der Waals surface area contributed by atoms with Gasteiger partial charge in [-0.25, -0.2) is 0 Å². The normalized spacial score (nSPS) is 12.4. The van der Waals surface area contributed by atoms with Gasteiger partial charge in [-0.1, -0.05) is 46.6 Å². The fourth-order valence-corrected chi connectivity index (χ4v) is 2.43. The summed E-state index contributed by atoms with van der Waals surface area (Å²) in [7, 11) is 0. The average Bonchev–Trinajstić information content (AvgIpc) is 2.23. The SMILES string of the molecule is C=CCC(Cc1ccc(Br)cc1Cl)NCC. The maximum absolute atomic E-state index is 6.19. The van der Waals surface area contributed by atoms with Gasteiger partial charge in [-0.15, -0.1) is 6.58 Å². The smallest absolute Gasteiger partial charge is 0.0449 e. The molecule has 0 aliphatic carbocycles. The Morgan fingerprint density at radius 2 is 2.31 bits per heavy atom. The van der Waals surface area contributed by atoms with Crippen LogP contribution in [0.25, 0.3) is 0 Å². The molecule has 0 heterocycles. The Balaban J connectivity index is 2.72. The zero-order chi connectivity index (χ0) is 12.0. The van der Waals surface area contributed by atoms with Crippen molar-refractivity contribution < 1.29 is 0 Å². The first-order valence-electron chi connectivity index (χ1n) is 5.45. The standard InChI is InChI=1S/C13H17BrClN/c1-3-5-12(16-4-2)8-10-6-7-11(14)9-13(10)15/h3,6-7,9,12,16H,1,4-5,8H2,2H3. The summed E-state index contributed by atoms with van der Waals surface area (Å²) in [5.41, 5.74) is 1.18. The van der Waals surface area contributed by atoms with E-state index >= 15 is 0 Å². The van der Waals surface area contributed by atoms with Crippen molar-refractivity contribution in [3.63, 3.8) is 0 Å². The summed E-state index contributed by atoms with van der Waals surface area (Å²) in [6.45, 7) is 6.86. The predicted octanol–water partition coefficient (Wildman–Crippen LogP) is 4.20. The number of rotatable bonds is 6. The molecule has 16 heavy (non-hydrogen) atoms. The molecule has 0 radical (unpaired) electrons. The van der Waals surface area contributed by atoms with Crippen LogP contribution < -0.4 is 5.32 Å². The van der Waals surface area contributed by atoms with Crippen molar-refractivity contribution in [1.29, 1.82) is 0 Å². The summed E-state index contributed by atoms with van der Waals surface area (Å²) in [6, 6.07) is 6.45. The van der Waals surface area contributed by atoms with E-state index in [0.29, 0.717) is 6.04 Å². The van der Waals surface area contributed by atoms with Crippen LogP contribution in [0.3, 0.4) is 0 Å². The van der Waals surface area contributed by atoms with E-state index in [1.54, 1.807) is 0 Å². The molecule has 88 valence electrons. The highest BCUT2D eigenvalue weighted by molar-refractivity contribution is 9.10. The van der Waals surface area contributed by atoms with Crippen LogP contribution in [0, 0.1) is 0 Å². The van der Waals surface area contributed by atoms with E-state index < -0.39 is 0 Å². The van der Waals surface area contributed by atoms with Crippen molar-refractivity contribution in [2.75, 3.05) is 6.54 Å². The van der Waals surface area contributed by atoms with Crippen LogP contribution in [-0.2, 0) is 6.42 Å². The molecular formula is C13H17BrClN. The fourth-order valence-electron chi connectivity index (χ4n) is 1.68. The molecule has 1 unspecified atom stereocenters. The quantitative estimate of drug-likeness (QED) is 0.777. The van der Waals surface area contributed by atoms with Crippen molar-refractivity contribution in [1.82, 2.24) is 5.32 Å². The molecule has 0 saturated heterocycles. The van der Waals surface area contributed by atoms with Crippen molar-refractivity contribution in [2.24, 2.45) is 0 Å². The minimum atomic E-state index is 0.418. The molecule has 1 rings (SSSR count). The molecule has 1 N–H and O–H groups in total. The molecule has 0 aromatic heterocycles. The summed E-state index contributed by atoms with van der Waals surface area (Å²) in [5, 5.41) is 4.25. The van der Waals surface area contributed by atoms with E-state index in [2.05, 4.69) is 40.8 Å². The first-order chi connectivity index (χ1) is 7.67. The minimum Gasteiger partial charge on any atom is -0.314 e. The first-order valence-corrected chi connectivity index (χ1v) is 6.62. The third-order valence-electron chi connectivity index (χ3n) is 2.43. The lowest BCUT2D eigenvalue weighted by Crippen LogP contribution is -2.30. The highest BCUT2D eigenvalue weighted by Gasteiger charge is 2.09. The molecule has 1 aromatic carbocycles. The Morgan fingerprint density at radius 1 is 1.56 bits per heavy atom. The second kappa shape index (κ2) is 7.10. The lowest BCUT2D eigenvalue weighted by molar-refractivity contribution is 0.530. The van der Waals surface area contributed by atoms with Gasteiger partial charge in [-0.3, -0.25) is 0 Å². The van der Waals surface area contributed by atoms with Crippen molar-refractivity contribution >= 4 is 27.5 Å². The third-order valence-corrected chi connectivity index (χ3v) is 3.27. The average molecular weight is 303 g/mol. The van der Waals surface area contributed by atoms with Gasteiger partial charge in [0.05, 0.1) is 0 Å². The second-order valence-corrected chi connectivity index (χ2v) is 5.04. The zero-order valence-electron chi connectivity index (χ0n) is 9.47. The van der Waals surface area contributed by atoms with Crippen molar-refractivity contribution in [3.8, 4) is 0 Å². The predicted molar refractivity (Wildman–Crippen MR) is 75.1 cm³/mol. The highest BCUT2D eigenvalue weighted by Crippen LogP contribution is 2.22. The summed E-state index contributed by atoms with van der Waals surface area (Å²) in [5.74, 6) is 0. The van der Waals surface area contributed by atoms with Gasteiger partial charge in [0.25, 0.3) is 0 Å². The van der Waals surface area contributed by atoms with Crippen molar-refractivity contribution in [2.45, 2.75) is 25.8 Å². The van der Waals surface area contributed by atoms with E-state index in [1.165, 1.54) is 5.56 Å². The molecule has 0 aliphatic rings. The van der Waals surface area contributed by atoms with Gasteiger partial charge in [0, 0.05) is 15.5 Å². The fraction of sp³-hybridized carbons (Fsp3) is 0.385. The van der Waals surface area contributed by atoms with Crippen LogP contribution in [0.15, 0.2) is 35.3 Å². The molecule has 0 saturated carbocycles. The summed E-state index contributed by atoms with van der Waals surface area (Å²) < 4.78 is 1.02. The van der Waals surface area contributed by atoms with E-state index in [1.807, 2.05) is 18.2 Å². The number of halogens is 2. The maximum Gasteiger partial charge on any atom is 0.0449 e. The maximum atomic E-state index is 6.19. The Kier molecular flexibility index (Phi) is 6.10. The molecule has 1 nitrogen and oxygen atoms in total. The molecular weight excluding hydrogens is 286 g/mol. The van der Waals surface area contributed by atoms with Crippen LogP contribution in [-0.4, -0.2) is 12.6 Å². The Morgan fingerprint density at radius 3 is 2.88 bits per heavy atom. The van der Waals surface area contributed by atoms with Crippen LogP contribution in [0.1, 0.15) is 18.9 Å². The number of nitrogens with one attached hydrogen (secondary N) is 1. The van der Waals surface area contributed by atoms with Gasteiger partial charge in [0.1, 0.15) is 0 Å². The number of benzene rings is 1. The lowest BCUT2D eigenvalue weighted by Gasteiger charge is -2.16. The van der Waals surface area contributed by atoms with Crippen LogP contribution in [0.2, 0.25) is 5.02 Å². The van der Waals surface area contributed by atoms with Gasteiger partial charge < -0.3 is 5.32 Å². The van der Waals surface area contributed by atoms with Crippen LogP contribution in [0.5, 0.6) is 0 Å². The van der Waals surface area contributed by atoms with E-state index in [9.17, 15) is 0 Å². The van der Waals surface area contributed by atoms with Gasteiger partial charge in [-0.2, -0.15) is 0 Å². The van der Waals surface area contributed by atoms with Gasteiger partial charge in [-0.05, 0) is 37.1 Å². The van der Waals surface area contributed by atoms with E-state index in [4.69, 9.17) is 11.6 Å². The highest BCUT2D eigenvalue weighted by atomic mass is 79.9. The van der Waals surface area contributed by atoms with Crippen LogP contribution in [0.4, 0.5) is 0 Å². The zero-order valence-corrected chi connectivity index (χ0v) is 11.8. The Hall–Kier alpha value is -0.310. The van der Waals surface area contributed by atoms with Crippen LogP contribution >= 0.6 is 27.5 Å². The first kappa shape index (κ1) is 13.8. The molecule has 1 atom stereocenters. The Bertz CT molecular complexity index is 352. The summed E-state index contributed by atoms with van der Waals surface area (Å²) in [6.07, 6.45) is 3.84. The molecule has 0 spiro atoms. The summed E-state index contributed by atoms with van der Waals surface area (Å²) >= 11 is 9.60. The van der Waals surface area contributed by atoms with E-state index in [0.717, 1.165) is 28.9 Å². The van der Waals surface area contributed by atoms with Gasteiger partial charge in [0.2, 0.25) is 0 Å². The largest absolute Gasteiger partial charge is 0.314 e. The lowest BCUT2D eigenvalue weighted by atomic mass is 10.0. The molecule has 0 aliphatic heterocycles. The molecule has 1 aromatic rings. The van der Waals surface area contributed by atoms with Gasteiger partial charge >= 0.3 is 0 Å². The summed E-state index contributed by atoms with van der Waals surface area (Å²) in [4.78, 5) is 0. The number of hydrogen-bond acceptors (Lipinski definition) is 1. The third kappa shape index (κ3) is 4.28. The second-order valence-electron chi connectivity index (χ2n) is 3.72. The molecule has 3 heteroatoms. The van der Waals surface area contributed by atoms with Crippen molar-refractivity contribution in [3.05, 3.63) is 45.9 Å².